The number of esters is 1. The van der Waals surface area contributed by atoms with Crippen molar-refractivity contribution in [1.29, 1.82) is 0 Å². The third-order valence-corrected chi connectivity index (χ3v) is 11.4. The number of aliphatic hydroxyl groups is 2. The number of sulfonamides is 2. The highest BCUT2D eigenvalue weighted by Gasteiger charge is 2.41. The first kappa shape index (κ1) is 30.6. The summed E-state index contributed by atoms with van der Waals surface area (Å²) in [4.78, 5) is 27.6. The number of ether oxygens (including phenoxy) is 1. The first-order chi connectivity index (χ1) is 19.2. The summed E-state index contributed by atoms with van der Waals surface area (Å²) in [5, 5.41) is 22.7. The van der Waals surface area contributed by atoms with E-state index in [1.807, 2.05) is 4.72 Å². The van der Waals surface area contributed by atoms with Crippen molar-refractivity contribution in [2.24, 2.45) is 0 Å². The number of thiophene rings is 2. The minimum Gasteiger partial charge on any atom is -0.504 e. The van der Waals surface area contributed by atoms with Gasteiger partial charge in [0.15, 0.2) is 22.9 Å². The lowest BCUT2D eigenvalue weighted by molar-refractivity contribution is -0.136. The number of fused-ring (bicyclic) bond motifs is 2. The highest BCUT2D eigenvalue weighted by Crippen LogP contribution is 2.42. The second-order valence-corrected chi connectivity index (χ2v) is 14.7. The van der Waals surface area contributed by atoms with Gasteiger partial charge in [0.1, 0.15) is 15.6 Å². The zero-order valence-electron chi connectivity index (χ0n) is 20.7. The molecule has 3 aromatic rings. The van der Waals surface area contributed by atoms with Crippen LogP contribution in [0.3, 0.4) is 0 Å². The van der Waals surface area contributed by atoms with E-state index in [9.17, 15) is 36.6 Å². The number of methoxy groups -OCH3 is 1. The van der Waals surface area contributed by atoms with Gasteiger partial charge in [-0.3, -0.25) is 13.8 Å². The molecule has 0 atom stereocenters. The molecule has 0 aliphatic carbocycles. The zero-order valence-corrected chi connectivity index (χ0v) is 25.5. The van der Waals surface area contributed by atoms with Gasteiger partial charge in [0.25, 0.3) is 26.0 Å². The lowest BCUT2D eigenvalue weighted by atomic mass is 10.2. The Morgan fingerprint density at radius 3 is 2.22 bits per heavy atom. The predicted molar refractivity (Wildman–Crippen MR) is 153 cm³/mol. The van der Waals surface area contributed by atoms with Gasteiger partial charge in [0, 0.05) is 12.7 Å². The maximum Gasteiger partial charge on any atom is 0.359 e. The number of nitrogens with one attached hydrogen (secondary N) is 2. The normalized spacial score (nSPS) is 16.5. The molecule has 0 fully saturated rings. The molecule has 19 heteroatoms. The molecule has 0 bridgehead atoms. The molecule has 0 unspecified atom stereocenters. The van der Waals surface area contributed by atoms with E-state index in [-0.39, 0.29) is 46.3 Å². The minimum absolute atomic E-state index is 0.0224. The Morgan fingerprint density at radius 1 is 1.05 bits per heavy atom. The SMILES string of the molecule is CCN1C(C(=O)Nc2ccccn2)=C(O)c2sc(Cl)cc2S1(=O)=O.COC(=O)C1=C(O)c2sc(Cl)cc2S(=O)(=O)N1. The van der Waals surface area contributed by atoms with Crippen molar-refractivity contribution in [2.45, 2.75) is 16.7 Å². The van der Waals surface area contributed by atoms with Crippen LogP contribution >= 0.6 is 45.9 Å². The topological polar surface area (TPSA) is 192 Å². The van der Waals surface area contributed by atoms with Crippen LogP contribution in [-0.4, -0.2) is 61.9 Å². The van der Waals surface area contributed by atoms with Crippen molar-refractivity contribution in [3.8, 4) is 0 Å². The molecule has 218 valence electrons. The van der Waals surface area contributed by atoms with Crippen LogP contribution in [-0.2, 0) is 34.4 Å². The molecule has 0 aromatic carbocycles. The number of aromatic nitrogens is 1. The van der Waals surface area contributed by atoms with Crippen LogP contribution in [0.2, 0.25) is 8.67 Å². The number of pyridine rings is 1. The van der Waals surface area contributed by atoms with E-state index in [2.05, 4.69) is 15.0 Å². The largest absolute Gasteiger partial charge is 0.504 e. The smallest absolute Gasteiger partial charge is 0.359 e. The Kier molecular flexibility index (Phi) is 8.58. The molecule has 0 spiro atoms. The predicted octanol–water partition coefficient (Wildman–Crippen LogP) is 3.78. The van der Waals surface area contributed by atoms with Gasteiger partial charge in [-0.1, -0.05) is 29.3 Å². The second-order valence-electron chi connectivity index (χ2n) is 7.84. The average molecular weight is 682 g/mol. The van der Waals surface area contributed by atoms with Crippen LogP contribution in [0.15, 0.2) is 57.7 Å². The van der Waals surface area contributed by atoms with Gasteiger partial charge in [0.05, 0.1) is 25.5 Å². The summed E-state index contributed by atoms with van der Waals surface area (Å²) >= 11 is 13.3. The van der Waals surface area contributed by atoms with Crippen molar-refractivity contribution in [1.82, 2.24) is 14.0 Å². The molecular weight excluding hydrogens is 663 g/mol. The van der Waals surface area contributed by atoms with Gasteiger partial charge in [-0.2, -0.15) is 0 Å². The van der Waals surface area contributed by atoms with Gasteiger partial charge in [-0.25, -0.2) is 26.6 Å². The number of hydrogen-bond donors (Lipinski definition) is 4. The Morgan fingerprint density at radius 2 is 1.66 bits per heavy atom. The van der Waals surface area contributed by atoms with Crippen LogP contribution in [0.5, 0.6) is 0 Å². The van der Waals surface area contributed by atoms with Gasteiger partial charge in [0.2, 0.25) is 0 Å². The first-order valence-corrected chi connectivity index (χ1v) is 16.4. The fourth-order valence-corrected chi connectivity index (χ4v) is 9.70. The lowest BCUT2D eigenvalue weighted by Crippen LogP contribution is -2.39. The van der Waals surface area contributed by atoms with E-state index < -0.39 is 49.1 Å². The first-order valence-electron chi connectivity index (χ1n) is 11.0. The quantitative estimate of drug-likeness (QED) is 0.295. The monoisotopic (exact) mass is 680 g/mol. The van der Waals surface area contributed by atoms with Crippen molar-refractivity contribution < 1.29 is 41.4 Å². The highest BCUT2D eigenvalue weighted by molar-refractivity contribution is 7.90. The molecule has 41 heavy (non-hydrogen) atoms. The van der Waals surface area contributed by atoms with Gasteiger partial charge < -0.3 is 20.3 Å². The van der Waals surface area contributed by atoms with Crippen LogP contribution in [0.25, 0.3) is 11.5 Å². The number of likely N-dealkylation sites (N-methyl/N-ethyl adjacent to an activating group) is 1. The molecule has 2 aliphatic heterocycles. The third-order valence-electron chi connectivity index (χ3n) is 5.37. The number of aliphatic hydroxyl groups excluding tert-OH is 2. The molecule has 5 rings (SSSR count). The van der Waals surface area contributed by atoms with Crippen LogP contribution in [0.4, 0.5) is 5.82 Å². The van der Waals surface area contributed by atoms with E-state index in [1.165, 1.54) is 18.3 Å². The van der Waals surface area contributed by atoms with E-state index in [4.69, 9.17) is 23.2 Å². The molecule has 0 saturated heterocycles. The second kappa shape index (κ2) is 11.5. The van der Waals surface area contributed by atoms with Crippen molar-refractivity contribution in [2.75, 3.05) is 19.0 Å². The highest BCUT2D eigenvalue weighted by atomic mass is 35.5. The number of anilines is 1. The summed E-state index contributed by atoms with van der Waals surface area (Å²) in [6.45, 7) is 1.54. The molecular formula is C22H18Cl2N4O9S4. The van der Waals surface area contributed by atoms with Gasteiger partial charge >= 0.3 is 5.97 Å². The summed E-state index contributed by atoms with van der Waals surface area (Å²) in [5.41, 5.74) is -0.868. The number of halogens is 2. The zero-order chi connectivity index (χ0) is 30.3. The molecule has 5 heterocycles. The summed E-state index contributed by atoms with van der Waals surface area (Å²) < 4.78 is 56.4. The number of hydrogen-bond acceptors (Lipinski definition) is 12. The Hall–Kier alpha value is -3.35. The molecule has 0 radical (unpaired) electrons. The van der Waals surface area contributed by atoms with Gasteiger partial charge in [-0.15, -0.1) is 22.7 Å². The minimum atomic E-state index is -3.97. The molecule has 2 aliphatic rings. The summed E-state index contributed by atoms with van der Waals surface area (Å²) in [5.74, 6) is -2.41. The van der Waals surface area contributed by atoms with E-state index in [0.29, 0.717) is 0 Å². The van der Waals surface area contributed by atoms with E-state index >= 15 is 0 Å². The number of nitrogens with zero attached hydrogens (tertiary/aromatic N) is 2. The lowest BCUT2D eigenvalue weighted by Gasteiger charge is -2.28. The van der Waals surface area contributed by atoms with Crippen LogP contribution < -0.4 is 10.0 Å². The van der Waals surface area contributed by atoms with Crippen molar-refractivity contribution in [3.05, 3.63) is 66.3 Å². The van der Waals surface area contributed by atoms with Crippen LogP contribution in [0.1, 0.15) is 16.7 Å². The number of carbonyl (C=O) groups excluding carboxylic acids is 2. The van der Waals surface area contributed by atoms with Crippen LogP contribution in [0, 0.1) is 0 Å². The molecule has 0 saturated carbocycles. The molecule has 1 amide bonds. The molecule has 3 aromatic heterocycles. The van der Waals surface area contributed by atoms with Crippen molar-refractivity contribution in [3.63, 3.8) is 0 Å². The fourth-order valence-electron chi connectivity index (χ4n) is 3.63. The van der Waals surface area contributed by atoms with Gasteiger partial charge in [-0.05, 0) is 31.2 Å². The number of amides is 1. The van der Waals surface area contributed by atoms with Crippen molar-refractivity contribution >= 4 is 95.1 Å². The summed E-state index contributed by atoms with van der Waals surface area (Å²) in [6.07, 6.45) is 1.48. The Bertz CT molecular complexity index is 1830. The fraction of sp³-hybridized carbons (Fsp3) is 0.136. The maximum absolute atomic E-state index is 12.7. The van der Waals surface area contributed by atoms with E-state index in [1.54, 1.807) is 25.1 Å². The summed E-state index contributed by atoms with van der Waals surface area (Å²) in [7, 11) is -6.80. The molecule has 13 nitrogen and oxygen atoms in total. The third kappa shape index (κ3) is 5.73. The number of carbonyl (C=O) groups is 2. The average Bonchev–Trinajstić information content (AvgIpc) is 3.53. The van der Waals surface area contributed by atoms with E-state index in [0.717, 1.165) is 34.1 Å². The standard InChI is InChI=1S/C14H12ClN3O4S2.C8H6ClNO5S2/c1-2-18-11(14(20)17-10-5-3-4-6-16-10)12(19)13-8(24(18,21)22)7-9(15)23-13;1-15-8(12)5-6(11)7-3(2-4(9)16-7)17(13,14)10-5/h3-7,19H,2H2,1H3,(H,16,17,20);2,10-11H,1H3. The Balaban J connectivity index is 0.000000201. The molecule has 4 N–H and O–H groups in total. The maximum atomic E-state index is 12.7. The summed E-state index contributed by atoms with van der Waals surface area (Å²) in [6, 6.07) is 7.37. The number of rotatable bonds is 4. The Labute approximate surface area is 251 Å².